The second kappa shape index (κ2) is 7.14. The van der Waals surface area contributed by atoms with E-state index in [4.69, 9.17) is 5.11 Å². The molecule has 2 amide bonds. The van der Waals surface area contributed by atoms with Gasteiger partial charge in [0.05, 0.1) is 0 Å². The maximum atomic E-state index is 11.6. The van der Waals surface area contributed by atoms with Gasteiger partial charge in [0, 0.05) is 18.0 Å². The molecular formula is C12H24N2O3. The standard InChI is InChI=1S/C12H24N2O3/c1-5-6-9(2)13-11(17)14-12(3,4)8-7-10(15)16/h9H,5-8H2,1-4H3,(H,15,16)(H2,13,14,17). The highest BCUT2D eigenvalue weighted by atomic mass is 16.4. The van der Waals surface area contributed by atoms with Gasteiger partial charge in [0.2, 0.25) is 0 Å². The topological polar surface area (TPSA) is 78.4 Å². The molecule has 3 N–H and O–H groups in total. The lowest BCUT2D eigenvalue weighted by Gasteiger charge is -2.26. The molecule has 0 aliphatic rings. The zero-order valence-corrected chi connectivity index (χ0v) is 11.2. The van der Waals surface area contributed by atoms with E-state index >= 15 is 0 Å². The average molecular weight is 244 g/mol. The third-order valence-electron chi connectivity index (χ3n) is 2.51. The van der Waals surface area contributed by atoms with Crippen molar-refractivity contribution in [2.45, 2.75) is 65.0 Å². The Morgan fingerprint density at radius 3 is 2.41 bits per heavy atom. The third kappa shape index (κ3) is 8.54. The van der Waals surface area contributed by atoms with E-state index in [0.717, 1.165) is 12.8 Å². The molecule has 17 heavy (non-hydrogen) atoms. The Kier molecular flexibility index (Phi) is 6.61. The van der Waals surface area contributed by atoms with Gasteiger partial charge in [-0.15, -0.1) is 0 Å². The largest absolute Gasteiger partial charge is 0.481 e. The van der Waals surface area contributed by atoms with Crippen molar-refractivity contribution in [2.75, 3.05) is 0 Å². The molecule has 0 heterocycles. The smallest absolute Gasteiger partial charge is 0.315 e. The van der Waals surface area contributed by atoms with Crippen molar-refractivity contribution in [3.63, 3.8) is 0 Å². The molecule has 0 aliphatic heterocycles. The molecule has 0 aromatic rings. The highest BCUT2D eigenvalue weighted by molar-refractivity contribution is 5.75. The predicted molar refractivity (Wildman–Crippen MR) is 67.0 cm³/mol. The van der Waals surface area contributed by atoms with Crippen molar-refractivity contribution in [3.8, 4) is 0 Å². The van der Waals surface area contributed by atoms with Crippen molar-refractivity contribution in [3.05, 3.63) is 0 Å². The monoisotopic (exact) mass is 244 g/mol. The first-order chi connectivity index (χ1) is 7.76. The Balaban J connectivity index is 4.03. The summed E-state index contributed by atoms with van der Waals surface area (Å²) in [6.07, 6.45) is 2.42. The van der Waals surface area contributed by atoms with Gasteiger partial charge in [0.1, 0.15) is 0 Å². The first-order valence-corrected chi connectivity index (χ1v) is 6.07. The molecule has 0 radical (unpaired) electrons. The Morgan fingerprint density at radius 1 is 1.35 bits per heavy atom. The lowest BCUT2D eigenvalue weighted by Crippen LogP contribution is -2.50. The molecule has 0 aromatic heterocycles. The average Bonchev–Trinajstić information content (AvgIpc) is 2.14. The van der Waals surface area contributed by atoms with Gasteiger partial charge >= 0.3 is 12.0 Å². The van der Waals surface area contributed by atoms with E-state index in [2.05, 4.69) is 17.6 Å². The first kappa shape index (κ1) is 15.7. The number of carboxylic acids is 1. The fraction of sp³-hybridized carbons (Fsp3) is 0.833. The number of nitrogens with one attached hydrogen (secondary N) is 2. The van der Waals surface area contributed by atoms with Crippen LogP contribution in [0.4, 0.5) is 4.79 Å². The number of amides is 2. The van der Waals surface area contributed by atoms with Crippen LogP contribution in [-0.4, -0.2) is 28.7 Å². The van der Waals surface area contributed by atoms with Crippen molar-refractivity contribution in [1.82, 2.24) is 10.6 Å². The second-order valence-corrected chi connectivity index (χ2v) is 5.07. The van der Waals surface area contributed by atoms with Gasteiger partial charge in [-0.2, -0.15) is 0 Å². The minimum atomic E-state index is -0.848. The summed E-state index contributed by atoms with van der Waals surface area (Å²) in [5.41, 5.74) is -0.506. The molecule has 0 saturated carbocycles. The lowest BCUT2D eigenvalue weighted by molar-refractivity contribution is -0.137. The van der Waals surface area contributed by atoms with Crippen LogP contribution in [0.25, 0.3) is 0 Å². The third-order valence-corrected chi connectivity index (χ3v) is 2.51. The molecular weight excluding hydrogens is 220 g/mol. The highest BCUT2D eigenvalue weighted by Gasteiger charge is 2.21. The zero-order valence-electron chi connectivity index (χ0n) is 11.2. The van der Waals surface area contributed by atoms with Gasteiger partial charge in [-0.25, -0.2) is 4.79 Å². The van der Waals surface area contributed by atoms with Crippen LogP contribution in [0.2, 0.25) is 0 Å². The summed E-state index contributed by atoms with van der Waals surface area (Å²) in [6.45, 7) is 7.65. The Hall–Kier alpha value is -1.26. The molecule has 0 bridgehead atoms. The predicted octanol–water partition coefficient (Wildman–Crippen LogP) is 2.12. The van der Waals surface area contributed by atoms with Gasteiger partial charge in [0.25, 0.3) is 0 Å². The number of rotatable bonds is 7. The van der Waals surface area contributed by atoms with Gasteiger partial charge < -0.3 is 15.7 Å². The summed E-state index contributed by atoms with van der Waals surface area (Å²) >= 11 is 0. The Morgan fingerprint density at radius 2 is 1.94 bits per heavy atom. The minimum absolute atomic E-state index is 0.0534. The minimum Gasteiger partial charge on any atom is -0.481 e. The van der Waals surface area contributed by atoms with Gasteiger partial charge in [0.15, 0.2) is 0 Å². The number of aliphatic carboxylic acids is 1. The molecule has 1 unspecified atom stereocenters. The van der Waals surface area contributed by atoms with Gasteiger partial charge in [-0.3, -0.25) is 4.79 Å². The summed E-state index contributed by atoms with van der Waals surface area (Å²) in [4.78, 5) is 22.1. The zero-order chi connectivity index (χ0) is 13.5. The molecule has 5 nitrogen and oxygen atoms in total. The summed E-state index contributed by atoms with van der Waals surface area (Å²) in [5.74, 6) is -0.848. The van der Waals surface area contributed by atoms with Gasteiger partial charge in [-0.05, 0) is 33.6 Å². The van der Waals surface area contributed by atoms with Gasteiger partial charge in [-0.1, -0.05) is 13.3 Å². The molecule has 100 valence electrons. The van der Waals surface area contributed by atoms with E-state index in [0.29, 0.717) is 6.42 Å². The van der Waals surface area contributed by atoms with Crippen LogP contribution in [0.3, 0.4) is 0 Å². The summed E-state index contributed by atoms with van der Waals surface area (Å²) in [5, 5.41) is 14.2. The first-order valence-electron chi connectivity index (χ1n) is 6.07. The van der Waals surface area contributed by atoms with E-state index in [1.807, 2.05) is 20.8 Å². The Bertz CT molecular complexity index is 264. The molecule has 0 rings (SSSR count). The number of carbonyl (C=O) groups excluding carboxylic acids is 1. The maximum absolute atomic E-state index is 11.6. The Labute approximate surface area is 103 Å². The van der Waals surface area contributed by atoms with E-state index in [1.54, 1.807) is 0 Å². The number of hydrogen-bond acceptors (Lipinski definition) is 2. The molecule has 5 heteroatoms. The van der Waals surface area contributed by atoms with E-state index in [1.165, 1.54) is 0 Å². The van der Waals surface area contributed by atoms with Crippen molar-refractivity contribution in [2.24, 2.45) is 0 Å². The maximum Gasteiger partial charge on any atom is 0.315 e. The SMILES string of the molecule is CCCC(C)NC(=O)NC(C)(C)CCC(=O)O. The number of carbonyl (C=O) groups is 2. The van der Waals surface area contributed by atoms with E-state index in [-0.39, 0.29) is 18.5 Å². The van der Waals surface area contributed by atoms with E-state index in [9.17, 15) is 9.59 Å². The molecule has 0 fully saturated rings. The summed E-state index contributed by atoms with van der Waals surface area (Å²) < 4.78 is 0. The highest BCUT2D eigenvalue weighted by Crippen LogP contribution is 2.11. The van der Waals surface area contributed by atoms with Crippen LogP contribution in [-0.2, 0) is 4.79 Å². The second-order valence-electron chi connectivity index (χ2n) is 5.07. The summed E-state index contributed by atoms with van der Waals surface area (Å²) in [6, 6.07) is -0.100. The molecule has 1 atom stereocenters. The van der Waals surface area contributed by atoms with E-state index < -0.39 is 11.5 Å². The molecule has 0 saturated heterocycles. The molecule has 0 aliphatic carbocycles. The normalized spacial score (nSPS) is 12.9. The van der Waals surface area contributed by atoms with Crippen molar-refractivity contribution >= 4 is 12.0 Å². The number of urea groups is 1. The van der Waals surface area contributed by atoms with Crippen LogP contribution >= 0.6 is 0 Å². The summed E-state index contributed by atoms with van der Waals surface area (Å²) in [7, 11) is 0. The molecule has 0 aromatic carbocycles. The van der Waals surface area contributed by atoms with Crippen LogP contribution in [0.5, 0.6) is 0 Å². The fourth-order valence-electron chi connectivity index (χ4n) is 1.55. The van der Waals surface area contributed by atoms with Crippen LogP contribution in [0.15, 0.2) is 0 Å². The van der Waals surface area contributed by atoms with Crippen LogP contribution in [0, 0.1) is 0 Å². The number of hydrogen-bond donors (Lipinski definition) is 3. The molecule has 0 spiro atoms. The van der Waals surface area contributed by atoms with Crippen molar-refractivity contribution in [1.29, 1.82) is 0 Å². The van der Waals surface area contributed by atoms with Crippen LogP contribution < -0.4 is 10.6 Å². The lowest BCUT2D eigenvalue weighted by atomic mass is 9.99. The fourth-order valence-corrected chi connectivity index (χ4v) is 1.55. The quantitative estimate of drug-likeness (QED) is 0.642. The number of carboxylic acid groups (broad SMARTS) is 1. The van der Waals surface area contributed by atoms with Crippen LogP contribution in [0.1, 0.15) is 53.4 Å². The van der Waals surface area contributed by atoms with Crippen molar-refractivity contribution < 1.29 is 14.7 Å².